The third-order valence-electron chi connectivity index (χ3n) is 4.16. The number of benzene rings is 2. The number of hydrogen-bond donors (Lipinski definition) is 0. The molecule has 0 radical (unpaired) electrons. The van der Waals surface area contributed by atoms with Crippen molar-refractivity contribution < 1.29 is 4.74 Å². The first-order valence-corrected chi connectivity index (χ1v) is 8.68. The lowest BCUT2D eigenvalue weighted by atomic mass is 9.89. The average Bonchev–Trinajstić information content (AvgIpc) is 2.54. The van der Waals surface area contributed by atoms with E-state index in [1.807, 2.05) is 19.1 Å². The molecule has 110 valence electrons. The van der Waals surface area contributed by atoms with Gasteiger partial charge in [0, 0.05) is 5.56 Å². The number of fused-ring (bicyclic) bond motifs is 1. The summed E-state index contributed by atoms with van der Waals surface area (Å²) in [7, 11) is 0. The quantitative estimate of drug-likeness (QED) is 0.670. The molecular weight excluding hydrogens is 324 g/mol. The minimum Gasteiger partial charge on any atom is -0.494 e. The molecule has 0 saturated carbocycles. The maximum atomic E-state index is 5.76. The third kappa shape index (κ3) is 3.16. The highest BCUT2D eigenvalue weighted by Gasteiger charge is 2.17. The van der Waals surface area contributed by atoms with Gasteiger partial charge in [-0.2, -0.15) is 0 Å². The van der Waals surface area contributed by atoms with E-state index in [4.69, 9.17) is 4.74 Å². The van der Waals surface area contributed by atoms with E-state index in [0.29, 0.717) is 6.61 Å². The van der Waals surface area contributed by atoms with Crippen LogP contribution in [0.1, 0.15) is 46.8 Å². The van der Waals surface area contributed by atoms with Crippen molar-refractivity contribution >= 4 is 15.9 Å². The molecule has 0 saturated heterocycles. The van der Waals surface area contributed by atoms with E-state index in [0.717, 1.165) is 5.75 Å². The molecule has 0 fully saturated rings. The highest BCUT2D eigenvalue weighted by Crippen LogP contribution is 2.37. The second-order valence-electron chi connectivity index (χ2n) is 5.57. The summed E-state index contributed by atoms with van der Waals surface area (Å²) in [6, 6.07) is 15.2. The topological polar surface area (TPSA) is 9.23 Å². The van der Waals surface area contributed by atoms with Crippen LogP contribution in [0.15, 0.2) is 42.5 Å². The Morgan fingerprint density at radius 3 is 2.62 bits per heavy atom. The van der Waals surface area contributed by atoms with E-state index >= 15 is 0 Å². The number of aryl methyl sites for hydroxylation is 2. The first-order chi connectivity index (χ1) is 10.3. The van der Waals surface area contributed by atoms with Crippen LogP contribution >= 0.6 is 15.9 Å². The molecule has 1 aliphatic carbocycles. The van der Waals surface area contributed by atoms with Gasteiger partial charge in [0.1, 0.15) is 5.75 Å². The van der Waals surface area contributed by atoms with Gasteiger partial charge in [0.15, 0.2) is 0 Å². The fourth-order valence-corrected chi connectivity index (χ4v) is 3.73. The molecule has 0 heterocycles. The molecule has 21 heavy (non-hydrogen) atoms. The number of para-hydroxylation sites is 1. The van der Waals surface area contributed by atoms with Crippen LogP contribution in [0.25, 0.3) is 0 Å². The van der Waals surface area contributed by atoms with Crippen molar-refractivity contribution in [3.63, 3.8) is 0 Å². The lowest BCUT2D eigenvalue weighted by Gasteiger charge is -2.20. The Hall–Kier alpha value is -1.28. The van der Waals surface area contributed by atoms with Gasteiger partial charge in [0.2, 0.25) is 0 Å². The van der Waals surface area contributed by atoms with E-state index in [1.165, 1.54) is 47.9 Å². The van der Waals surface area contributed by atoms with E-state index in [2.05, 4.69) is 46.3 Å². The summed E-state index contributed by atoms with van der Waals surface area (Å²) in [4.78, 5) is 0.187. The number of rotatable bonds is 4. The van der Waals surface area contributed by atoms with Crippen molar-refractivity contribution in [3.8, 4) is 5.75 Å². The van der Waals surface area contributed by atoms with Gasteiger partial charge in [-0.1, -0.05) is 52.3 Å². The van der Waals surface area contributed by atoms with Crippen LogP contribution in [0.4, 0.5) is 0 Å². The second-order valence-corrected chi connectivity index (χ2v) is 6.48. The van der Waals surface area contributed by atoms with Crippen molar-refractivity contribution in [2.75, 3.05) is 6.61 Å². The molecule has 1 unspecified atom stereocenters. The predicted molar refractivity (Wildman–Crippen MR) is 91.5 cm³/mol. The van der Waals surface area contributed by atoms with Crippen LogP contribution in [-0.4, -0.2) is 6.61 Å². The van der Waals surface area contributed by atoms with Gasteiger partial charge in [-0.3, -0.25) is 0 Å². The normalized spacial score (nSPS) is 15.3. The summed E-state index contributed by atoms with van der Waals surface area (Å²) in [6.07, 6.45) is 5.10. The summed E-state index contributed by atoms with van der Waals surface area (Å²) in [5.74, 6) is 0.972. The molecule has 1 atom stereocenters. The molecule has 0 aliphatic heterocycles. The summed E-state index contributed by atoms with van der Waals surface area (Å²) >= 11 is 3.86. The van der Waals surface area contributed by atoms with Crippen LogP contribution in [0.3, 0.4) is 0 Å². The molecule has 0 N–H and O–H groups in total. The second kappa shape index (κ2) is 6.65. The molecule has 0 spiro atoms. The lowest BCUT2D eigenvalue weighted by molar-refractivity contribution is 0.337. The predicted octanol–water partition coefficient (Wildman–Crippen LogP) is 5.45. The molecular formula is C19H21BrO. The Balaban J connectivity index is 1.93. The van der Waals surface area contributed by atoms with E-state index < -0.39 is 0 Å². The van der Waals surface area contributed by atoms with Gasteiger partial charge >= 0.3 is 0 Å². The van der Waals surface area contributed by atoms with Crippen LogP contribution < -0.4 is 4.74 Å². The molecule has 1 nitrogen and oxygen atoms in total. The first kappa shape index (κ1) is 14.6. The molecule has 2 heteroatoms. The Morgan fingerprint density at radius 2 is 1.81 bits per heavy atom. The average molecular weight is 345 g/mol. The van der Waals surface area contributed by atoms with Crippen LogP contribution in [0.5, 0.6) is 5.75 Å². The van der Waals surface area contributed by atoms with Gasteiger partial charge in [0.25, 0.3) is 0 Å². The molecule has 2 aromatic rings. The van der Waals surface area contributed by atoms with Gasteiger partial charge in [-0.15, -0.1) is 0 Å². The molecule has 3 rings (SSSR count). The van der Waals surface area contributed by atoms with Gasteiger partial charge in [0.05, 0.1) is 11.4 Å². The SMILES string of the molecule is CCOc1ccccc1C(Br)c1ccc2c(c1)CCCC2. The Labute approximate surface area is 135 Å². The standard InChI is InChI=1S/C19H21BrO/c1-2-21-18-10-6-5-9-17(18)19(20)16-12-11-14-7-3-4-8-15(14)13-16/h5-6,9-13,19H,2-4,7-8H2,1H3. The van der Waals surface area contributed by atoms with E-state index in [9.17, 15) is 0 Å². The van der Waals surface area contributed by atoms with Crippen molar-refractivity contribution in [1.29, 1.82) is 0 Å². The largest absolute Gasteiger partial charge is 0.494 e. The van der Waals surface area contributed by atoms with Gasteiger partial charge < -0.3 is 4.74 Å². The van der Waals surface area contributed by atoms with Crippen LogP contribution in [-0.2, 0) is 12.8 Å². The zero-order chi connectivity index (χ0) is 14.7. The van der Waals surface area contributed by atoms with Gasteiger partial charge in [-0.05, 0) is 55.4 Å². The minimum absolute atomic E-state index is 0.187. The molecule has 1 aliphatic rings. The summed E-state index contributed by atoms with van der Waals surface area (Å²) in [5, 5.41) is 0. The highest BCUT2D eigenvalue weighted by atomic mass is 79.9. The maximum Gasteiger partial charge on any atom is 0.123 e. The number of alkyl halides is 1. The molecule has 0 bridgehead atoms. The monoisotopic (exact) mass is 344 g/mol. The summed E-state index contributed by atoms with van der Waals surface area (Å²) in [6.45, 7) is 2.72. The Morgan fingerprint density at radius 1 is 1.05 bits per heavy atom. The number of halogens is 1. The number of ether oxygens (including phenoxy) is 1. The van der Waals surface area contributed by atoms with Crippen molar-refractivity contribution in [2.45, 2.75) is 37.4 Å². The number of hydrogen-bond acceptors (Lipinski definition) is 1. The lowest BCUT2D eigenvalue weighted by Crippen LogP contribution is -2.05. The van der Waals surface area contributed by atoms with E-state index in [-0.39, 0.29) is 4.83 Å². The zero-order valence-electron chi connectivity index (χ0n) is 12.4. The van der Waals surface area contributed by atoms with Gasteiger partial charge in [-0.25, -0.2) is 0 Å². The Kier molecular flexibility index (Phi) is 4.64. The molecule has 2 aromatic carbocycles. The smallest absolute Gasteiger partial charge is 0.123 e. The Bertz CT molecular complexity index is 621. The van der Waals surface area contributed by atoms with Crippen molar-refractivity contribution in [2.24, 2.45) is 0 Å². The third-order valence-corrected chi connectivity index (χ3v) is 5.18. The first-order valence-electron chi connectivity index (χ1n) is 7.77. The summed E-state index contributed by atoms with van der Waals surface area (Å²) in [5.41, 5.74) is 5.58. The zero-order valence-corrected chi connectivity index (χ0v) is 14.0. The van der Waals surface area contributed by atoms with Crippen LogP contribution in [0, 0.1) is 0 Å². The summed E-state index contributed by atoms with van der Waals surface area (Å²) < 4.78 is 5.76. The highest BCUT2D eigenvalue weighted by molar-refractivity contribution is 9.09. The minimum atomic E-state index is 0.187. The van der Waals surface area contributed by atoms with E-state index in [1.54, 1.807) is 0 Å². The fraction of sp³-hybridized carbons (Fsp3) is 0.368. The van der Waals surface area contributed by atoms with Crippen LogP contribution in [0.2, 0.25) is 0 Å². The molecule has 0 aromatic heterocycles. The van der Waals surface area contributed by atoms with Crippen molar-refractivity contribution in [1.82, 2.24) is 0 Å². The molecule has 0 amide bonds. The fourth-order valence-electron chi connectivity index (χ4n) is 3.07. The maximum absolute atomic E-state index is 5.76. The van der Waals surface area contributed by atoms with Crippen molar-refractivity contribution in [3.05, 3.63) is 64.7 Å².